The van der Waals surface area contributed by atoms with Crippen molar-refractivity contribution in [3.8, 4) is 0 Å². The summed E-state index contributed by atoms with van der Waals surface area (Å²) in [6.45, 7) is 1.60. The van der Waals surface area contributed by atoms with Gasteiger partial charge in [0.15, 0.2) is 5.79 Å². The molecule has 3 rings (SSSR count). The summed E-state index contributed by atoms with van der Waals surface area (Å²) in [7, 11) is 0. The summed E-state index contributed by atoms with van der Waals surface area (Å²) < 4.78 is 24.8. The number of aromatic nitrogens is 1. The van der Waals surface area contributed by atoms with Crippen LogP contribution in [0, 0.1) is 5.82 Å². The van der Waals surface area contributed by atoms with Crippen LogP contribution >= 0.6 is 0 Å². The van der Waals surface area contributed by atoms with Gasteiger partial charge in [-0.15, -0.1) is 0 Å². The summed E-state index contributed by atoms with van der Waals surface area (Å²) in [5.41, 5.74) is -0.109. The molecule has 1 saturated heterocycles. The molecule has 1 aliphatic heterocycles. The number of ether oxygens (including phenoxy) is 2. The number of nitrogens with one attached hydrogen (secondary N) is 1. The van der Waals surface area contributed by atoms with Crippen molar-refractivity contribution < 1.29 is 28.9 Å². The maximum atomic E-state index is 13.5. The van der Waals surface area contributed by atoms with Gasteiger partial charge in [-0.2, -0.15) is 0 Å². The molecule has 1 saturated carbocycles. The van der Waals surface area contributed by atoms with Gasteiger partial charge in [-0.05, 0) is 25.3 Å². The van der Waals surface area contributed by atoms with Crippen LogP contribution in [0.4, 0.5) is 10.1 Å². The topological polar surface area (TPSA) is 101 Å². The van der Waals surface area contributed by atoms with Crippen LogP contribution in [0.2, 0.25) is 0 Å². The molecule has 0 bridgehead atoms. The molecule has 0 aromatic carbocycles. The highest BCUT2D eigenvalue weighted by molar-refractivity contribution is 5.86. The molecule has 0 radical (unpaired) electrons. The largest absolute Gasteiger partial charge is 0.478 e. The van der Waals surface area contributed by atoms with Crippen molar-refractivity contribution in [2.24, 2.45) is 0 Å². The van der Waals surface area contributed by atoms with E-state index in [1.54, 1.807) is 0 Å². The van der Waals surface area contributed by atoms with E-state index in [2.05, 4.69) is 10.3 Å². The SMILES string of the molecule is O=C(O)/C=C/c1ncc(F)cc1NCCC1(O)CCC2(CC1)OCCO2. The van der Waals surface area contributed by atoms with Gasteiger partial charge in [-0.1, -0.05) is 0 Å². The molecule has 3 N–H and O–H groups in total. The van der Waals surface area contributed by atoms with Gasteiger partial charge in [0, 0.05) is 31.5 Å². The zero-order chi connectivity index (χ0) is 18.6. The van der Waals surface area contributed by atoms with Crippen LogP contribution in [-0.4, -0.2) is 52.3 Å². The van der Waals surface area contributed by atoms with Crippen LogP contribution in [0.15, 0.2) is 18.3 Å². The average Bonchev–Trinajstić information content (AvgIpc) is 3.06. The number of halogens is 1. The Morgan fingerprint density at radius 3 is 2.65 bits per heavy atom. The molecule has 2 heterocycles. The Labute approximate surface area is 150 Å². The third-order valence-corrected chi connectivity index (χ3v) is 4.93. The number of carboxylic acids is 1. The minimum atomic E-state index is -1.11. The number of aliphatic hydroxyl groups is 1. The van der Waals surface area contributed by atoms with E-state index in [0.29, 0.717) is 63.2 Å². The average molecular weight is 366 g/mol. The van der Waals surface area contributed by atoms with Crippen LogP contribution in [0.5, 0.6) is 0 Å². The number of carbonyl (C=O) groups is 1. The first-order valence-corrected chi connectivity index (χ1v) is 8.71. The van der Waals surface area contributed by atoms with Crippen molar-refractivity contribution in [2.45, 2.75) is 43.5 Å². The molecule has 2 aliphatic rings. The fraction of sp³-hybridized carbons (Fsp3) is 0.556. The number of anilines is 1. The highest BCUT2D eigenvalue weighted by Gasteiger charge is 2.45. The van der Waals surface area contributed by atoms with E-state index in [1.165, 1.54) is 12.1 Å². The lowest BCUT2D eigenvalue weighted by Gasteiger charge is -2.40. The molecular formula is C18H23FN2O5. The van der Waals surface area contributed by atoms with Crippen molar-refractivity contribution in [2.75, 3.05) is 25.1 Å². The lowest BCUT2D eigenvalue weighted by atomic mass is 9.79. The van der Waals surface area contributed by atoms with E-state index in [0.717, 1.165) is 12.3 Å². The molecule has 142 valence electrons. The van der Waals surface area contributed by atoms with Gasteiger partial charge in [-0.25, -0.2) is 9.18 Å². The monoisotopic (exact) mass is 366 g/mol. The standard InChI is InChI=1S/C18H23FN2O5/c19-13-11-15(14(21-12-13)1-2-16(22)23)20-8-7-17(24)3-5-18(6-4-17)25-9-10-26-18/h1-2,11-12,20,24H,3-10H2,(H,22,23)/b2-1+. The smallest absolute Gasteiger partial charge is 0.328 e. The number of rotatable bonds is 6. The van der Waals surface area contributed by atoms with Crippen molar-refractivity contribution in [3.05, 3.63) is 29.9 Å². The van der Waals surface area contributed by atoms with Gasteiger partial charge in [0.25, 0.3) is 0 Å². The molecule has 2 fully saturated rings. The molecule has 7 nitrogen and oxygen atoms in total. The molecule has 1 spiro atoms. The van der Waals surface area contributed by atoms with Gasteiger partial charge < -0.3 is 25.0 Å². The Morgan fingerprint density at radius 2 is 2.00 bits per heavy atom. The molecule has 0 unspecified atom stereocenters. The molecule has 8 heteroatoms. The second-order valence-electron chi connectivity index (χ2n) is 6.77. The summed E-state index contributed by atoms with van der Waals surface area (Å²) in [6, 6.07) is 1.26. The minimum absolute atomic E-state index is 0.330. The van der Waals surface area contributed by atoms with Gasteiger partial charge in [0.05, 0.1) is 36.4 Å². The number of aliphatic carboxylic acids is 1. The second-order valence-corrected chi connectivity index (χ2v) is 6.77. The van der Waals surface area contributed by atoms with Crippen LogP contribution in [0.3, 0.4) is 0 Å². The van der Waals surface area contributed by atoms with E-state index in [9.17, 15) is 14.3 Å². The Balaban J connectivity index is 1.56. The van der Waals surface area contributed by atoms with Crippen molar-refractivity contribution in [3.63, 3.8) is 0 Å². The molecule has 1 aromatic rings. The van der Waals surface area contributed by atoms with E-state index < -0.39 is 23.2 Å². The Morgan fingerprint density at radius 1 is 1.31 bits per heavy atom. The van der Waals surface area contributed by atoms with Crippen LogP contribution in [-0.2, 0) is 14.3 Å². The predicted molar refractivity (Wildman–Crippen MR) is 92.0 cm³/mol. The second kappa shape index (κ2) is 7.69. The summed E-state index contributed by atoms with van der Waals surface area (Å²) in [6.07, 6.45) is 6.20. The zero-order valence-electron chi connectivity index (χ0n) is 14.4. The van der Waals surface area contributed by atoms with E-state index in [1.807, 2.05) is 0 Å². The maximum Gasteiger partial charge on any atom is 0.328 e. The summed E-state index contributed by atoms with van der Waals surface area (Å²) in [5, 5.41) is 22.5. The van der Waals surface area contributed by atoms with E-state index >= 15 is 0 Å². The van der Waals surface area contributed by atoms with Gasteiger partial charge >= 0.3 is 5.97 Å². The fourth-order valence-electron chi connectivity index (χ4n) is 3.44. The molecule has 1 aromatic heterocycles. The summed E-state index contributed by atoms with van der Waals surface area (Å²) in [4.78, 5) is 14.6. The minimum Gasteiger partial charge on any atom is -0.478 e. The normalized spacial score (nSPS) is 21.3. The lowest BCUT2D eigenvalue weighted by molar-refractivity contribution is -0.202. The number of nitrogens with zero attached hydrogens (tertiary/aromatic N) is 1. The van der Waals surface area contributed by atoms with Gasteiger partial charge in [-0.3, -0.25) is 4.98 Å². The lowest BCUT2D eigenvalue weighted by Crippen LogP contribution is -2.44. The van der Waals surface area contributed by atoms with Crippen molar-refractivity contribution in [1.82, 2.24) is 4.98 Å². The summed E-state index contributed by atoms with van der Waals surface area (Å²) in [5.74, 6) is -2.15. The van der Waals surface area contributed by atoms with E-state index in [4.69, 9.17) is 14.6 Å². The third kappa shape index (κ3) is 4.57. The first-order valence-electron chi connectivity index (χ1n) is 8.71. The Bertz CT molecular complexity index is 678. The third-order valence-electron chi connectivity index (χ3n) is 4.93. The van der Waals surface area contributed by atoms with Crippen LogP contribution in [0.25, 0.3) is 6.08 Å². The molecule has 26 heavy (non-hydrogen) atoms. The predicted octanol–water partition coefficient (Wildman–Crippen LogP) is 2.17. The first kappa shape index (κ1) is 18.8. The quantitative estimate of drug-likeness (QED) is 0.663. The highest BCUT2D eigenvalue weighted by atomic mass is 19.1. The zero-order valence-corrected chi connectivity index (χ0v) is 14.4. The van der Waals surface area contributed by atoms with E-state index in [-0.39, 0.29) is 0 Å². The number of pyridine rings is 1. The van der Waals surface area contributed by atoms with Crippen molar-refractivity contribution in [1.29, 1.82) is 0 Å². The molecule has 1 aliphatic carbocycles. The Kier molecular flexibility index (Phi) is 5.55. The number of carboxylic acid groups (broad SMARTS) is 1. The Hall–Kier alpha value is -2.03. The number of hydrogen-bond donors (Lipinski definition) is 3. The van der Waals surface area contributed by atoms with Crippen LogP contribution < -0.4 is 5.32 Å². The molecule has 0 atom stereocenters. The fourth-order valence-corrected chi connectivity index (χ4v) is 3.44. The van der Waals surface area contributed by atoms with Crippen molar-refractivity contribution >= 4 is 17.7 Å². The van der Waals surface area contributed by atoms with Gasteiger partial charge in [0.2, 0.25) is 0 Å². The molecular weight excluding hydrogens is 343 g/mol. The molecule has 0 amide bonds. The number of hydrogen-bond acceptors (Lipinski definition) is 6. The van der Waals surface area contributed by atoms with Crippen LogP contribution in [0.1, 0.15) is 37.8 Å². The van der Waals surface area contributed by atoms with Gasteiger partial charge in [0.1, 0.15) is 5.82 Å². The maximum absolute atomic E-state index is 13.5. The highest BCUT2D eigenvalue weighted by Crippen LogP contribution is 2.41. The summed E-state index contributed by atoms with van der Waals surface area (Å²) >= 11 is 0. The first-order chi connectivity index (χ1) is 12.4.